The monoisotopic (exact) mass is 289 g/mol. The molecule has 1 aromatic rings. The van der Waals surface area contributed by atoms with Crippen LogP contribution in [0.2, 0.25) is 0 Å². The van der Waals surface area contributed by atoms with Crippen LogP contribution < -0.4 is 0 Å². The van der Waals surface area contributed by atoms with Crippen LogP contribution in [0.5, 0.6) is 0 Å². The summed E-state index contributed by atoms with van der Waals surface area (Å²) in [6.07, 6.45) is 3.14. The number of carboxylic acids is 1. The lowest BCUT2D eigenvalue weighted by Gasteiger charge is -2.32. The molecule has 0 unspecified atom stereocenters. The molecule has 0 aromatic heterocycles. The zero-order valence-electron chi connectivity index (χ0n) is 12.5. The molecule has 1 aliphatic heterocycles. The molecule has 1 aromatic carbocycles. The normalized spacial score (nSPS) is 16.0. The fourth-order valence-electron chi connectivity index (χ4n) is 2.82. The minimum atomic E-state index is -0.905. The molecule has 2 rings (SSSR count). The number of hydrogen-bond donors (Lipinski definition) is 1. The summed E-state index contributed by atoms with van der Waals surface area (Å²) >= 11 is 0. The van der Waals surface area contributed by atoms with Gasteiger partial charge < -0.3 is 10.0 Å². The van der Waals surface area contributed by atoms with Crippen LogP contribution in [0, 0.1) is 12.8 Å². The van der Waals surface area contributed by atoms with E-state index in [1.807, 2.05) is 4.90 Å². The number of piperidine rings is 1. The topological polar surface area (TPSA) is 57.6 Å². The molecule has 1 aliphatic rings. The minimum Gasteiger partial charge on any atom is -0.481 e. The molecule has 4 nitrogen and oxygen atoms in total. The van der Waals surface area contributed by atoms with Crippen molar-refractivity contribution in [1.29, 1.82) is 0 Å². The van der Waals surface area contributed by atoms with Gasteiger partial charge in [-0.2, -0.15) is 0 Å². The van der Waals surface area contributed by atoms with Gasteiger partial charge >= 0.3 is 5.97 Å². The molecule has 0 radical (unpaired) electrons. The lowest BCUT2D eigenvalue weighted by molar-refractivity contribution is -0.141. The van der Waals surface area contributed by atoms with E-state index in [1.54, 1.807) is 0 Å². The summed E-state index contributed by atoms with van der Waals surface area (Å²) in [5.74, 6) is -0.306. The summed E-state index contributed by atoms with van der Waals surface area (Å²) in [7, 11) is 0. The molecule has 0 atom stereocenters. The van der Waals surface area contributed by atoms with Crippen LogP contribution >= 0.6 is 0 Å². The first-order chi connectivity index (χ1) is 10.0. The number of likely N-dealkylation sites (tertiary alicyclic amines) is 1. The maximum atomic E-state index is 11.9. The van der Waals surface area contributed by atoms with Crippen LogP contribution in [0.25, 0.3) is 0 Å². The van der Waals surface area contributed by atoms with E-state index in [2.05, 4.69) is 31.2 Å². The maximum Gasteiger partial charge on any atom is 0.303 e. The molecule has 0 bridgehead atoms. The van der Waals surface area contributed by atoms with Crippen molar-refractivity contribution in [2.24, 2.45) is 5.92 Å². The molecule has 114 valence electrons. The van der Waals surface area contributed by atoms with Gasteiger partial charge in [0.15, 0.2) is 0 Å². The zero-order valence-corrected chi connectivity index (χ0v) is 12.5. The number of rotatable bonds is 5. The first kappa shape index (κ1) is 15.5. The number of amides is 1. The molecule has 1 amide bonds. The summed E-state index contributed by atoms with van der Waals surface area (Å²) < 4.78 is 0. The highest BCUT2D eigenvalue weighted by Crippen LogP contribution is 2.22. The Labute approximate surface area is 125 Å². The van der Waals surface area contributed by atoms with Crippen molar-refractivity contribution < 1.29 is 14.7 Å². The smallest absolute Gasteiger partial charge is 0.303 e. The van der Waals surface area contributed by atoms with Crippen molar-refractivity contribution in [2.45, 2.75) is 39.0 Å². The number of benzene rings is 1. The Morgan fingerprint density at radius 3 is 2.33 bits per heavy atom. The largest absolute Gasteiger partial charge is 0.481 e. The predicted molar refractivity (Wildman–Crippen MR) is 81.1 cm³/mol. The van der Waals surface area contributed by atoms with E-state index < -0.39 is 5.97 Å². The molecular weight excluding hydrogens is 266 g/mol. The van der Waals surface area contributed by atoms with Gasteiger partial charge in [0, 0.05) is 19.5 Å². The van der Waals surface area contributed by atoms with Crippen LogP contribution in [0.3, 0.4) is 0 Å². The van der Waals surface area contributed by atoms with Gasteiger partial charge in [0.05, 0.1) is 6.42 Å². The highest BCUT2D eigenvalue weighted by molar-refractivity contribution is 5.80. The Morgan fingerprint density at radius 2 is 1.76 bits per heavy atom. The summed E-state index contributed by atoms with van der Waals surface area (Å²) in [5, 5.41) is 8.62. The highest BCUT2D eigenvalue weighted by Gasteiger charge is 2.23. The van der Waals surface area contributed by atoms with Gasteiger partial charge in [-0.3, -0.25) is 9.59 Å². The van der Waals surface area contributed by atoms with Crippen molar-refractivity contribution >= 4 is 11.9 Å². The van der Waals surface area contributed by atoms with Crippen LogP contribution in [-0.2, 0) is 16.0 Å². The second kappa shape index (κ2) is 7.25. The van der Waals surface area contributed by atoms with Crippen molar-refractivity contribution in [3.8, 4) is 0 Å². The maximum absolute atomic E-state index is 11.9. The van der Waals surface area contributed by atoms with Gasteiger partial charge in [0.1, 0.15) is 0 Å². The average Bonchev–Trinajstić information content (AvgIpc) is 2.48. The number of aliphatic carboxylic acids is 1. The third-order valence-corrected chi connectivity index (χ3v) is 4.16. The second-order valence-corrected chi connectivity index (χ2v) is 5.91. The van der Waals surface area contributed by atoms with Crippen LogP contribution in [0.1, 0.15) is 36.8 Å². The van der Waals surface area contributed by atoms with Gasteiger partial charge in [0.2, 0.25) is 5.91 Å². The molecule has 0 aliphatic carbocycles. The van der Waals surface area contributed by atoms with E-state index in [9.17, 15) is 9.59 Å². The van der Waals surface area contributed by atoms with Gasteiger partial charge in [-0.1, -0.05) is 29.8 Å². The molecule has 21 heavy (non-hydrogen) atoms. The Bertz CT molecular complexity index is 487. The molecule has 1 heterocycles. The zero-order chi connectivity index (χ0) is 15.2. The number of hydrogen-bond acceptors (Lipinski definition) is 2. The van der Waals surface area contributed by atoms with Gasteiger partial charge in [-0.05, 0) is 37.7 Å². The summed E-state index contributed by atoms with van der Waals surface area (Å²) in [6.45, 7) is 3.61. The van der Waals surface area contributed by atoms with E-state index in [4.69, 9.17) is 5.11 Å². The molecule has 0 spiro atoms. The molecule has 1 N–H and O–H groups in total. The molecule has 0 saturated carbocycles. The lowest BCUT2D eigenvalue weighted by Crippen LogP contribution is -2.39. The Hall–Kier alpha value is -1.84. The average molecular weight is 289 g/mol. The first-order valence-corrected chi connectivity index (χ1v) is 7.59. The SMILES string of the molecule is Cc1ccc(CC2CCN(C(=O)CCC(=O)O)CC2)cc1. The van der Waals surface area contributed by atoms with E-state index in [0.29, 0.717) is 5.92 Å². The molecule has 1 saturated heterocycles. The number of aryl methyl sites for hydroxylation is 1. The Morgan fingerprint density at radius 1 is 1.14 bits per heavy atom. The Balaban J connectivity index is 1.76. The number of carbonyl (C=O) groups is 2. The van der Waals surface area contributed by atoms with Gasteiger partial charge in [-0.15, -0.1) is 0 Å². The van der Waals surface area contributed by atoms with Crippen molar-refractivity contribution in [3.05, 3.63) is 35.4 Å². The second-order valence-electron chi connectivity index (χ2n) is 5.91. The van der Waals surface area contributed by atoms with Crippen molar-refractivity contribution in [1.82, 2.24) is 4.90 Å². The Kier molecular flexibility index (Phi) is 5.37. The van der Waals surface area contributed by atoms with E-state index >= 15 is 0 Å². The summed E-state index contributed by atoms with van der Waals surface area (Å²) in [5.41, 5.74) is 2.63. The lowest BCUT2D eigenvalue weighted by atomic mass is 9.90. The number of carboxylic acid groups (broad SMARTS) is 1. The fourth-order valence-corrected chi connectivity index (χ4v) is 2.82. The predicted octanol–water partition coefficient (Wildman–Crippen LogP) is 2.64. The summed E-state index contributed by atoms with van der Waals surface area (Å²) in [4.78, 5) is 24.2. The quantitative estimate of drug-likeness (QED) is 0.906. The molecule has 1 fully saturated rings. The van der Waals surface area contributed by atoms with Gasteiger partial charge in [-0.25, -0.2) is 0 Å². The van der Waals surface area contributed by atoms with E-state index in [-0.39, 0.29) is 18.7 Å². The minimum absolute atomic E-state index is 0.0221. The fraction of sp³-hybridized carbons (Fsp3) is 0.529. The number of carbonyl (C=O) groups excluding carboxylic acids is 1. The molecule has 4 heteroatoms. The van der Waals surface area contributed by atoms with E-state index in [1.165, 1.54) is 11.1 Å². The van der Waals surface area contributed by atoms with Crippen molar-refractivity contribution in [2.75, 3.05) is 13.1 Å². The third kappa shape index (κ3) is 4.88. The van der Waals surface area contributed by atoms with Crippen LogP contribution in [0.4, 0.5) is 0 Å². The third-order valence-electron chi connectivity index (χ3n) is 4.16. The standard InChI is InChI=1S/C17H23NO3/c1-13-2-4-14(5-3-13)12-15-8-10-18(11-9-15)16(19)6-7-17(20)21/h2-5,15H,6-12H2,1H3,(H,20,21). The van der Waals surface area contributed by atoms with Crippen molar-refractivity contribution in [3.63, 3.8) is 0 Å². The summed E-state index contributed by atoms with van der Waals surface area (Å²) in [6, 6.07) is 8.64. The van der Waals surface area contributed by atoms with Crippen LogP contribution in [-0.4, -0.2) is 35.0 Å². The van der Waals surface area contributed by atoms with Crippen LogP contribution in [0.15, 0.2) is 24.3 Å². The molecular formula is C17H23NO3. The highest BCUT2D eigenvalue weighted by atomic mass is 16.4. The van der Waals surface area contributed by atoms with E-state index in [0.717, 1.165) is 32.4 Å². The number of nitrogens with zero attached hydrogens (tertiary/aromatic N) is 1. The first-order valence-electron chi connectivity index (χ1n) is 7.59. The van der Waals surface area contributed by atoms with Gasteiger partial charge in [0.25, 0.3) is 0 Å².